The maximum absolute atomic E-state index is 12.8. The standard InChI is InChI=1S/C26H48NO3/c1-18(2)21-10-9-19(3)15-22(21)30-24(28)17-27(7,8)13-14-29-23-16-20-11-12-26(23,6)25(20,4)5/h18-23H,9-17H2,1-8H3/q+1/t19-,20-,21-,22-,23-,26-/m1/s1. The summed E-state index contributed by atoms with van der Waals surface area (Å²) in [6.07, 6.45) is 7.76. The summed E-state index contributed by atoms with van der Waals surface area (Å²) in [5.41, 5.74) is 0.688. The molecular formula is C26H48NO3+. The van der Waals surface area contributed by atoms with Crippen LogP contribution in [0.4, 0.5) is 0 Å². The highest BCUT2D eigenvalue weighted by molar-refractivity contribution is 5.70. The lowest BCUT2D eigenvalue weighted by Gasteiger charge is -2.39. The fourth-order valence-corrected chi connectivity index (χ4v) is 6.71. The number of carbonyl (C=O) groups is 1. The minimum absolute atomic E-state index is 0.0437. The lowest BCUT2D eigenvalue weighted by molar-refractivity contribution is -0.883. The number of hydrogen-bond acceptors (Lipinski definition) is 3. The van der Waals surface area contributed by atoms with E-state index in [0.717, 1.165) is 25.5 Å². The van der Waals surface area contributed by atoms with E-state index in [0.29, 0.717) is 45.7 Å². The minimum atomic E-state index is -0.0437. The van der Waals surface area contributed by atoms with Gasteiger partial charge in [-0.1, -0.05) is 48.0 Å². The molecule has 3 aliphatic carbocycles. The molecule has 6 atom stereocenters. The molecule has 0 unspecified atom stereocenters. The second kappa shape index (κ2) is 8.73. The predicted octanol–water partition coefficient (Wildman–Crippen LogP) is 5.30. The summed E-state index contributed by atoms with van der Waals surface area (Å²) in [5.74, 6) is 2.49. The van der Waals surface area contributed by atoms with E-state index in [1.54, 1.807) is 0 Å². The van der Waals surface area contributed by atoms with E-state index in [1.807, 2.05) is 0 Å². The molecule has 0 spiro atoms. The van der Waals surface area contributed by atoms with Crippen molar-refractivity contribution in [1.29, 1.82) is 0 Å². The number of quaternary nitrogens is 1. The molecule has 0 radical (unpaired) electrons. The molecule has 3 fully saturated rings. The molecule has 0 aliphatic heterocycles. The zero-order valence-corrected chi connectivity index (χ0v) is 21.0. The van der Waals surface area contributed by atoms with Gasteiger partial charge in [-0.3, -0.25) is 0 Å². The second-order valence-electron chi connectivity index (χ2n) is 12.6. The number of esters is 1. The minimum Gasteiger partial charge on any atom is -0.458 e. The van der Waals surface area contributed by atoms with Crippen molar-refractivity contribution in [2.45, 2.75) is 92.3 Å². The van der Waals surface area contributed by atoms with Crippen LogP contribution < -0.4 is 0 Å². The van der Waals surface area contributed by atoms with Gasteiger partial charge in [-0.25, -0.2) is 4.79 Å². The first-order valence-corrected chi connectivity index (χ1v) is 12.5. The van der Waals surface area contributed by atoms with Crippen LogP contribution in [0.3, 0.4) is 0 Å². The number of carbonyl (C=O) groups excluding carboxylic acids is 1. The quantitative estimate of drug-likeness (QED) is 0.393. The lowest BCUT2D eigenvalue weighted by atomic mass is 9.70. The number of nitrogens with zero attached hydrogens (tertiary/aromatic N) is 1. The van der Waals surface area contributed by atoms with Crippen molar-refractivity contribution in [3.63, 3.8) is 0 Å². The third-order valence-electron chi connectivity index (χ3n) is 9.53. The Balaban J connectivity index is 1.46. The van der Waals surface area contributed by atoms with E-state index in [-0.39, 0.29) is 12.1 Å². The van der Waals surface area contributed by atoms with Crippen molar-refractivity contribution >= 4 is 5.97 Å². The van der Waals surface area contributed by atoms with Gasteiger partial charge in [-0.05, 0) is 66.6 Å². The Morgan fingerprint density at radius 1 is 1.10 bits per heavy atom. The topological polar surface area (TPSA) is 35.5 Å². The van der Waals surface area contributed by atoms with Crippen LogP contribution in [0.5, 0.6) is 0 Å². The van der Waals surface area contributed by atoms with Gasteiger partial charge in [-0.15, -0.1) is 0 Å². The van der Waals surface area contributed by atoms with Crippen LogP contribution in [0.15, 0.2) is 0 Å². The van der Waals surface area contributed by atoms with Gasteiger partial charge in [0.05, 0.1) is 26.8 Å². The van der Waals surface area contributed by atoms with Gasteiger partial charge in [-0.2, -0.15) is 0 Å². The summed E-state index contributed by atoms with van der Waals surface area (Å²) in [7, 11) is 4.25. The third-order valence-corrected chi connectivity index (χ3v) is 9.53. The van der Waals surface area contributed by atoms with Crippen LogP contribution >= 0.6 is 0 Å². The van der Waals surface area contributed by atoms with Gasteiger partial charge in [0.15, 0.2) is 6.54 Å². The van der Waals surface area contributed by atoms with Gasteiger partial charge in [0.25, 0.3) is 0 Å². The first-order chi connectivity index (χ1) is 13.9. The first kappa shape index (κ1) is 24.0. The van der Waals surface area contributed by atoms with Crippen molar-refractivity contribution in [3.05, 3.63) is 0 Å². The number of rotatable bonds is 8. The van der Waals surface area contributed by atoms with Crippen LogP contribution in [-0.4, -0.2) is 56.5 Å². The van der Waals surface area contributed by atoms with E-state index >= 15 is 0 Å². The predicted molar refractivity (Wildman–Crippen MR) is 122 cm³/mol. The molecule has 4 nitrogen and oxygen atoms in total. The largest absolute Gasteiger partial charge is 0.458 e. The summed E-state index contributed by atoms with van der Waals surface area (Å²) >= 11 is 0. The zero-order chi connectivity index (χ0) is 22.3. The lowest BCUT2D eigenvalue weighted by Crippen LogP contribution is -2.48. The van der Waals surface area contributed by atoms with Gasteiger partial charge in [0.2, 0.25) is 0 Å². The summed E-state index contributed by atoms with van der Waals surface area (Å²) in [6.45, 7) is 16.1. The summed E-state index contributed by atoms with van der Waals surface area (Å²) in [6, 6.07) is 0. The van der Waals surface area contributed by atoms with Crippen LogP contribution in [0.2, 0.25) is 0 Å². The third kappa shape index (κ3) is 4.75. The molecule has 174 valence electrons. The Bertz CT molecular complexity index is 613. The Morgan fingerprint density at radius 3 is 2.37 bits per heavy atom. The fraction of sp³-hybridized carbons (Fsp3) is 0.962. The van der Waals surface area contributed by atoms with Crippen molar-refractivity contribution in [2.75, 3.05) is 33.8 Å². The molecular weight excluding hydrogens is 374 g/mol. The van der Waals surface area contributed by atoms with Gasteiger partial charge < -0.3 is 14.0 Å². The van der Waals surface area contributed by atoms with E-state index in [1.165, 1.54) is 32.1 Å². The van der Waals surface area contributed by atoms with Gasteiger partial charge in [0.1, 0.15) is 12.6 Å². The Kier molecular flexibility index (Phi) is 7.00. The van der Waals surface area contributed by atoms with Crippen LogP contribution in [0.25, 0.3) is 0 Å². The molecule has 0 aromatic rings. The zero-order valence-electron chi connectivity index (χ0n) is 21.0. The normalized spacial score (nSPS) is 38.2. The molecule has 3 aliphatic rings. The smallest absolute Gasteiger partial charge is 0.362 e. The molecule has 0 saturated heterocycles. The molecule has 0 aromatic carbocycles. The van der Waals surface area contributed by atoms with Crippen molar-refractivity contribution in [3.8, 4) is 0 Å². The molecule has 0 heterocycles. The number of ether oxygens (including phenoxy) is 2. The Labute approximate surface area is 185 Å². The molecule has 3 rings (SSSR count). The maximum atomic E-state index is 12.8. The van der Waals surface area contributed by atoms with E-state index in [9.17, 15) is 4.79 Å². The average molecular weight is 423 g/mol. The van der Waals surface area contributed by atoms with E-state index in [2.05, 4.69) is 55.6 Å². The number of likely N-dealkylation sites (N-methyl/N-ethyl adjacent to an activating group) is 1. The Morgan fingerprint density at radius 2 is 1.80 bits per heavy atom. The average Bonchev–Trinajstić information content (AvgIpc) is 2.94. The van der Waals surface area contributed by atoms with E-state index < -0.39 is 0 Å². The monoisotopic (exact) mass is 422 g/mol. The van der Waals surface area contributed by atoms with Crippen LogP contribution in [0, 0.1) is 34.5 Å². The molecule has 3 saturated carbocycles. The van der Waals surface area contributed by atoms with Crippen molar-refractivity contribution in [2.24, 2.45) is 34.5 Å². The number of hydrogen-bond donors (Lipinski definition) is 0. The molecule has 4 heteroatoms. The Hall–Kier alpha value is -0.610. The van der Waals surface area contributed by atoms with Gasteiger partial charge >= 0.3 is 5.97 Å². The highest BCUT2D eigenvalue weighted by atomic mass is 16.5. The SMILES string of the molecule is CC(C)[C@H]1CC[C@@H](C)C[C@H]1OC(=O)C[N+](C)(C)CCO[C@@H]1C[C@H]2CC[C@@]1(C)C2(C)C. The summed E-state index contributed by atoms with van der Waals surface area (Å²) in [5, 5.41) is 0. The molecule has 0 amide bonds. The second-order valence-corrected chi connectivity index (χ2v) is 12.6. The summed E-state index contributed by atoms with van der Waals surface area (Å²) in [4.78, 5) is 12.8. The number of fused-ring (bicyclic) bond motifs is 2. The highest BCUT2D eigenvalue weighted by Crippen LogP contribution is 2.66. The van der Waals surface area contributed by atoms with Crippen LogP contribution in [-0.2, 0) is 14.3 Å². The van der Waals surface area contributed by atoms with Crippen molar-refractivity contribution in [1.82, 2.24) is 0 Å². The molecule has 0 aromatic heterocycles. The summed E-state index contributed by atoms with van der Waals surface area (Å²) < 4.78 is 13.1. The maximum Gasteiger partial charge on any atom is 0.362 e. The fourth-order valence-electron chi connectivity index (χ4n) is 6.71. The first-order valence-electron chi connectivity index (χ1n) is 12.5. The van der Waals surface area contributed by atoms with Gasteiger partial charge in [0, 0.05) is 0 Å². The molecule has 0 N–H and O–H groups in total. The van der Waals surface area contributed by atoms with Crippen molar-refractivity contribution < 1.29 is 18.8 Å². The molecule has 30 heavy (non-hydrogen) atoms. The highest BCUT2D eigenvalue weighted by Gasteiger charge is 2.61. The van der Waals surface area contributed by atoms with Crippen LogP contribution in [0.1, 0.15) is 80.1 Å². The molecule has 2 bridgehead atoms. The van der Waals surface area contributed by atoms with E-state index in [4.69, 9.17) is 9.47 Å².